The second kappa shape index (κ2) is 4.83. The molecule has 0 saturated carbocycles. The molecule has 0 radical (unpaired) electrons. The number of hydrogen-bond acceptors (Lipinski definition) is 3. The molecule has 1 heterocycles. The minimum absolute atomic E-state index is 0.207. The summed E-state index contributed by atoms with van der Waals surface area (Å²) in [4.78, 5) is 17.4. The highest BCUT2D eigenvalue weighted by molar-refractivity contribution is 6.06. The number of halogens is 1. The van der Waals surface area contributed by atoms with Crippen LogP contribution in [0.1, 0.15) is 10.4 Å². The molecule has 2 aromatic rings. The van der Waals surface area contributed by atoms with E-state index >= 15 is 0 Å². The number of nitrogen functional groups attached to an aromatic ring is 1. The molecule has 18 heavy (non-hydrogen) atoms. The predicted molar refractivity (Wildman–Crippen MR) is 67.8 cm³/mol. The number of carbonyl (C=O) groups excluding carboxylic acids is 1. The normalized spacial score (nSPS) is 10.1. The number of carbonyl (C=O) groups is 1. The van der Waals surface area contributed by atoms with Crippen LogP contribution in [0.25, 0.3) is 0 Å². The Morgan fingerprint density at radius 3 is 2.78 bits per heavy atom. The van der Waals surface area contributed by atoms with Crippen molar-refractivity contribution in [1.82, 2.24) is 4.98 Å². The lowest BCUT2D eigenvalue weighted by Gasteiger charge is -2.17. The van der Waals surface area contributed by atoms with E-state index in [9.17, 15) is 9.18 Å². The van der Waals surface area contributed by atoms with Gasteiger partial charge in [0, 0.05) is 24.5 Å². The first-order valence-electron chi connectivity index (χ1n) is 5.32. The number of aromatic nitrogens is 1. The second-order valence-corrected chi connectivity index (χ2v) is 3.85. The smallest absolute Gasteiger partial charge is 0.258 e. The highest BCUT2D eigenvalue weighted by Gasteiger charge is 2.14. The number of hydrogen-bond donors (Lipinski definition) is 1. The Morgan fingerprint density at radius 2 is 2.17 bits per heavy atom. The number of anilines is 2. The van der Waals surface area contributed by atoms with E-state index in [1.165, 1.54) is 17.0 Å². The fraction of sp³-hybridized carbons (Fsp3) is 0.0769. The largest absolute Gasteiger partial charge is 0.399 e. The minimum Gasteiger partial charge on any atom is -0.399 e. The zero-order valence-corrected chi connectivity index (χ0v) is 9.80. The summed E-state index contributed by atoms with van der Waals surface area (Å²) in [6, 6.07) is 7.23. The van der Waals surface area contributed by atoms with Gasteiger partial charge in [-0.15, -0.1) is 0 Å². The van der Waals surface area contributed by atoms with Crippen molar-refractivity contribution in [3.63, 3.8) is 0 Å². The summed E-state index contributed by atoms with van der Waals surface area (Å²) < 4.78 is 13.2. The van der Waals surface area contributed by atoms with Crippen LogP contribution in [0, 0.1) is 5.82 Å². The van der Waals surface area contributed by atoms with Gasteiger partial charge in [-0.1, -0.05) is 0 Å². The van der Waals surface area contributed by atoms with Gasteiger partial charge in [0.05, 0.1) is 11.9 Å². The van der Waals surface area contributed by atoms with Crippen LogP contribution in [0.4, 0.5) is 15.8 Å². The first kappa shape index (κ1) is 12.0. The van der Waals surface area contributed by atoms with E-state index in [4.69, 9.17) is 5.73 Å². The van der Waals surface area contributed by atoms with Gasteiger partial charge in [0.25, 0.3) is 5.91 Å². The lowest BCUT2D eigenvalue weighted by atomic mass is 10.1. The third kappa shape index (κ3) is 2.45. The molecule has 1 aromatic carbocycles. The summed E-state index contributed by atoms with van der Waals surface area (Å²) in [5, 5.41) is 0. The first-order chi connectivity index (χ1) is 8.58. The monoisotopic (exact) mass is 245 g/mol. The van der Waals surface area contributed by atoms with Gasteiger partial charge in [0.2, 0.25) is 0 Å². The van der Waals surface area contributed by atoms with Crippen molar-refractivity contribution in [2.24, 2.45) is 0 Å². The van der Waals surface area contributed by atoms with E-state index in [1.54, 1.807) is 31.6 Å². The molecule has 2 rings (SSSR count). The van der Waals surface area contributed by atoms with Crippen molar-refractivity contribution >= 4 is 17.3 Å². The summed E-state index contributed by atoms with van der Waals surface area (Å²) in [5.74, 6) is -0.868. The lowest BCUT2D eigenvalue weighted by molar-refractivity contribution is 0.0992. The third-order valence-electron chi connectivity index (χ3n) is 2.50. The fourth-order valence-corrected chi connectivity index (χ4v) is 1.60. The maximum atomic E-state index is 13.2. The van der Waals surface area contributed by atoms with Gasteiger partial charge in [-0.25, -0.2) is 4.39 Å². The number of pyridine rings is 1. The molecule has 0 atom stereocenters. The van der Waals surface area contributed by atoms with E-state index in [0.717, 1.165) is 6.07 Å². The molecular weight excluding hydrogens is 233 g/mol. The SMILES string of the molecule is CN(C(=O)c1cc(N)cc(F)c1)c1cccnc1. The van der Waals surface area contributed by atoms with Crippen molar-refractivity contribution in [3.8, 4) is 0 Å². The van der Waals surface area contributed by atoms with Crippen LogP contribution in [-0.2, 0) is 0 Å². The van der Waals surface area contributed by atoms with E-state index in [2.05, 4.69) is 4.98 Å². The average molecular weight is 245 g/mol. The van der Waals surface area contributed by atoms with Crippen molar-refractivity contribution in [2.45, 2.75) is 0 Å². The molecule has 0 aliphatic carbocycles. The number of rotatable bonds is 2. The topological polar surface area (TPSA) is 59.2 Å². The van der Waals surface area contributed by atoms with Crippen molar-refractivity contribution in [3.05, 3.63) is 54.1 Å². The molecule has 0 saturated heterocycles. The molecule has 0 aliphatic heterocycles. The van der Waals surface area contributed by atoms with Crippen LogP contribution < -0.4 is 10.6 Å². The Balaban J connectivity index is 2.31. The van der Waals surface area contributed by atoms with Gasteiger partial charge in [-0.05, 0) is 30.3 Å². The minimum atomic E-state index is -0.530. The van der Waals surface area contributed by atoms with Crippen molar-refractivity contribution < 1.29 is 9.18 Å². The Kier molecular flexibility index (Phi) is 3.23. The Bertz CT molecular complexity index is 551. The predicted octanol–water partition coefficient (Wildman–Crippen LogP) is 2.08. The molecule has 0 unspecified atom stereocenters. The Morgan fingerprint density at radius 1 is 1.39 bits per heavy atom. The molecule has 0 spiro atoms. The highest BCUT2D eigenvalue weighted by Crippen LogP contribution is 2.16. The van der Waals surface area contributed by atoms with E-state index in [0.29, 0.717) is 5.69 Å². The zero-order chi connectivity index (χ0) is 13.1. The molecule has 5 heteroatoms. The summed E-state index contributed by atoms with van der Waals surface area (Å²) >= 11 is 0. The number of nitrogens with two attached hydrogens (primary N) is 1. The van der Waals surface area contributed by atoms with Crippen molar-refractivity contribution in [2.75, 3.05) is 17.7 Å². The number of nitrogens with zero attached hydrogens (tertiary/aromatic N) is 2. The first-order valence-corrected chi connectivity index (χ1v) is 5.32. The van der Waals surface area contributed by atoms with Crippen LogP contribution >= 0.6 is 0 Å². The molecule has 0 fully saturated rings. The lowest BCUT2D eigenvalue weighted by Crippen LogP contribution is -2.26. The Hall–Kier alpha value is -2.43. The van der Waals surface area contributed by atoms with Crippen LogP contribution in [0.5, 0.6) is 0 Å². The standard InChI is InChI=1S/C13H12FN3O/c1-17(12-3-2-4-16-8-12)13(18)9-5-10(14)7-11(15)6-9/h2-8H,15H2,1H3. The molecule has 92 valence electrons. The maximum absolute atomic E-state index is 13.2. The molecule has 0 bridgehead atoms. The van der Waals surface area contributed by atoms with Gasteiger partial charge < -0.3 is 10.6 Å². The summed E-state index contributed by atoms with van der Waals surface area (Å²) in [7, 11) is 1.60. The number of benzene rings is 1. The van der Waals surface area contributed by atoms with E-state index < -0.39 is 5.82 Å². The second-order valence-electron chi connectivity index (χ2n) is 3.85. The van der Waals surface area contributed by atoms with Crippen LogP contribution in [-0.4, -0.2) is 17.9 Å². The van der Waals surface area contributed by atoms with Gasteiger partial charge in [-0.3, -0.25) is 9.78 Å². The zero-order valence-electron chi connectivity index (χ0n) is 9.80. The molecule has 4 nitrogen and oxygen atoms in total. The quantitative estimate of drug-likeness (QED) is 0.824. The Labute approximate surface area is 104 Å². The summed E-state index contributed by atoms with van der Waals surface area (Å²) in [6.45, 7) is 0. The van der Waals surface area contributed by atoms with Crippen LogP contribution in [0.3, 0.4) is 0 Å². The fourth-order valence-electron chi connectivity index (χ4n) is 1.60. The highest BCUT2D eigenvalue weighted by atomic mass is 19.1. The summed E-state index contributed by atoms with van der Waals surface area (Å²) in [6.07, 6.45) is 3.17. The van der Waals surface area contributed by atoms with Crippen LogP contribution in [0.15, 0.2) is 42.7 Å². The molecule has 1 aromatic heterocycles. The van der Waals surface area contributed by atoms with E-state index in [-0.39, 0.29) is 17.2 Å². The van der Waals surface area contributed by atoms with Gasteiger partial charge in [-0.2, -0.15) is 0 Å². The maximum Gasteiger partial charge on any atom is 0.258 e. The van der Waals surface area contributed by atoms with E-state index in [1.807, 2.05) is 0 Å². The molecule has 0 aliphatic rings. The third-order valence-corrected chi connectivity index (χ3v) is 2.50. The average Bonchev–Trinajstić information content (AvgIpc) is 2.37. The van der Waals surface area contributed by atoms with Gasteiger partial charge >= 0.3 is 0 Å². The van der Waals surface area contributed by atoms with Crippen molar-refractivity contribution in [1.29, 1.82) is 0 Å². The molecular formula is C13H12FN3O. The molecule has 1 amide bonds. The van der Waals surface area contributed by atoms with Gasteiger partial charge in [0.15, 0.2) is 0 Å². The van der Waals surface area contributed by atoms with Crippen LogP contribution in [0.2, 0.25) is 0 Å². The number of amides is 1. The molecule has 2 N–H and O–H groups in total. The van der Waals surface area contributed by atoms with Gasteiger partial charge in [0.1, 0.15) is 5.82 Å². The summed E-state index contributed by atoms with van der Waals surface area (Å²) in [5.41, 5.74) is 6.57.